The molecule has 0 spiro atoms. The first kappa shape index (κ1) is 12.1. The molecule has 0 aliphatic heterocycles. The molecule has 0 aliphatic rings. The van der Waals surface area contributed by atoms with Crippen molar-refractivity contribution in [1.82, 2.24) is 4.98 Å². The van der Waals surface area contributed by atoms with Crippen LogP contribution in [0.25, 0.3) is 9.88 Å². The molecule has 2 rings (SSSR count). The Balaban J connectivity index is 2.34. The highest BCUT2D eigenvalue weighted by Crippen LogP contribution is 2.35. The fourth-order valence-electron chi connectivity index (χ4n) is 1.08. The van der Waals surface area contributed by atoms with Crippen LogP contribution in [0.2, 0.25) is 0 Å². The van der Waals surface area contributed by atoms with Crippen molar-refractivity contribution in [1.29, 1.82) is 0 Å². The van der Waals surface area contributed by atoms with Gasteiger partial charge in [0, 0.05) is 5.38 Å². The molecule has 0 bridgehead atoms. The standard InChI is InChI=1S/C9H4F3NO2S2/c10-9(11,12)6-3-16-7(13-6)4-1-2-5(17-4)8(14)15/h1-3H,(H,14,15). The highest BCUT2D eigenvalue weighted by molar-refractivity contribution is 7.22. The smallest absolute Gasteiger partial charge is 0.434 e. The quantitative estimate of drug-likeness (QED) is 0.914. The molecule has 1 N–H and O–H groups in total. The SMILES string of the molecule is O=C(O)c1ccc(-c2nc(C(F)(F)F)cs2)s1. The van der Waals surface area contributed by atoms with Crippen molar-refractivity contribution in [2.24, 2.45) is 0 Å². The Hall–Kier alpha value is -1.41. The first-order valence-corrected chi connectivity index (χ1v) is 5.94. The summed E-state index contributed by atoms with van der Waals surface area (Å²) in [4.78, 5) is 14.6. The molecule has 2 aromatic heterocycles. The fraction of sp³-hybridized carbons (Fsp3) is 0.111. The number of thiazole rings is 1. The fourth-order valence-corrected chi connectivity index (χ4v) is 2.83. The third-order valence-corrected chi connectivity index (χ3v) is 3.91. The van der Waals surface area contributed by atoms with E-state index in [-0.39, 0.29) is 9.88 Å². The summed E-state index contributed by atoms with van der Waals surface area (Å²) in [6.07, 6.45) is -4.47. The second kappa shape index (κ2) is 4.11. The van der Waals surface area contributed by atoms with Crippen molar-refractivity contribution in [3.63, 3.8) is 0 Å². The molecular formula is C9H4F3NO2S2. The van der Waals surface area contributed by atoms with Gasteiger partial charge in [-0.05, 0) is 12.1 Å². The number of halogens is 3. The van der Waals surface area contributed by atoms with Crippen molar-refractivity contribution < 1.29 is 23.1 Å². The van der Waals surface area contributed by atoms with E-state index in [1.54, 1.807) is 0 Å². The zero-order chi connectivity index (χ0) is 12.6. The Morgan fingerprint density at radius 3 is 2.53 bits per heavy atom. The lowest BCUT2D eigenvalue weighted by Gasteiger charge is -1.99. The molecule has 17 heavy (non-hydrogen) atoms. The van der Waals surface area contributed by atoms with E-state index >= 15 is 0 Å². The number of aromatic carboxylic acids is 1. The van der Waals surface area contributed by atoms with E-state index in [9.17, 15) is 18.0 Å². The maximum atomic E-state index is 12.3. The lowest BCUT2D eigenvalue weighted by molar-refractivity contribution is -0.140. The van der Waals surface area contributed by atoms with Crippen molar-refractivity contribution in [2.75, 3.05) is 0 Å². The van der Waals surface area contributed by atoms with E-state index in [0.717, 1.165) is 28.1 Å². The molecule has 8 heteroatoms. The minimum absolute atomic E-state index is 0.0729. The summed E-state index contributed by atoms with van der Waals surface area (Å²) in [6, 6.07) is 2.80. The number of alkyl halides is 3. The zero-order valence-corrected chi connectivity index (χ0v) is 9.62. The van der Waals surface area contributed by atoms with Crippen LogP contribution in [0.1, 0.15) is 15.4 Å². The average molecular weight is 279 g/mol. The Bertz CT molecular complexity index is 559. The molecule has 90 valence electrons. The van der Waals surface area contributed by atoms with E-state index in [2.05, 4.69) is 4.98 Å². The van der Waals surface area contributed by atoms with Crippen LogP contribution in [0.3, 0.4) is 0 Å². The Morgan fingerprint density at radius 1 is 1.35 bits per heavy atom. The van der Waals surface area contributed by atoms with Gasteiger partial charge in [-0.3, -0.25) is 0 Å². The highest BCUT2D eigenvalue weighted by atomic mass is 32.1. The normalized spacial score (nSPS) is 11.7. The van der Waals surface area contributed by atoms with Gasteiger partial charge in [0.05, 0.1) is 4.88 Å². The van der Waals surface area contributed by atoms with Crippen LogP contribution >= 0.6 is 22.7 Å². The van der Waals surface area contributed by atoms with Gasteiger partial charge in [0.25, 0.3) is 0 Å². The maximum Gasteiger partial charge on any atom is 0.434 e. The van der Waals surface area contributed by atoms with Gasteiger partial charge in [0.15, 0.2) is 5.69 Å². The summed E-state index contributed by atoms with van der Waals surface area (Å²) in [5.41, 5.74) is -0.956. The molecule has 0 unspecified atom stereocenters. The van der Waals surface area contributed by atoms with Gasteiger partial charge in [0.1, 0.15) is 9.88 Å². The Morgan fingerprint density at radius 2 is 2.06 bits per heavy atom. The molecule has 0 radical (unpaired) electrons. The third-order valence-electron chi connectivity index (χ3n) is 1.82. The number of hydrogen-bond donors (Lipinski definition) is 1. The minimum atomic E-state index is -4.47. The van der Waals surface area contributed by atoms with Gasteiger partial charge >= 0.3 is 12.1 Å². The van der Waals surface area contributed by atoms with Crippen LogP contribution in [-0.2, 0) is 6.18 Å². The lowest BCUT2D eigenvalue weighted by atomic mass is 10.4. The summed E-state index contributed by atoms with van der Waals surface area (Å²) in [6.45, 7) is 0. The van der Waals surface area contributed by atoms with E-state index in [4.69, 9.17) is 5.11 Å². The number of rotatable bonds is 2. The molecular weight excluding hydrogens is 275 g/mol. The predicted molar refractivity (Wildman–Crippen MR) is 57.4 cm³/mol. The summed E-state index contributed by atoms with van der Waals surface area (Å²) < 4.78 is 36.9. The van der Waals surface area contributed by atoms with Gasteiger partial charge in [-0.15, -0.1) is 22.7 Å². The maximum absolute atomic E-state index is 12.3. The highest BCUT2D eigenvalue weighted by Gasteiger charge is 2.33. The topological polar surface area (TPSA) is 50.2 Å². The van der Waals surface area contributed by atoms with Crippen LogP contribution in [0.5, 0.6) is 0 Å². The van der Waals surface area contributed by atoms with E-state index in [1.807, 2.05) is 0 Å². The van der Waals surface area contributed by atoms with Crippen LogP contribution in [-0.4, -0.2) is 16.1 Å². The molecule has 0 aliphatic carbocycles. The van der Waals surface area contributed by atoms with Crippen LogP contribution < -0.4 is 0 Å². The van der Waals surface area contributed by atoms with Crippen molar-refractivity contribution in [3.05, 3.63) is 28.1 Å². The minimum Gasteiger partial charge on any atom is -0.477 e. The number of aromatic nitrogens is 1. The van der Waals surface area contributed by atoms with Crippen molar-refractivity contribution in [3.8, 4) is 9.88 Å². The first-order valence-electron chi connectivity index (χ1n) is 4.24. The summed E-state index contributed by atoms with van der Waals surface area (Å²) in [5, 5.41) is 9.78. The van der Waals surface area contributed by atoms with E-state index < -0.39 is 17.8 Å². The first-order chi connectivity index (χ1) is 7.88. The number of nitrogens with zero attached hydrogens (tertiary/aromatic N) is 1. The second-order valence-corrected chi connectivity index (χ2v) is 4.95. The van der Waals surface area contributed by atoms with Crippen LogP contribution in [0.15, 0.2) is 17.5 Å². The monoisotopic (exact) mass is 279 g/mol. The van der Waals surface area contributed by atoms with Gasteiger partial charge in [0.2, 0.25) is 0 Å². The lowest BCUT2D eigenvalue weighted by Crippen LogP contribution is -2.04. The Kier molecular flexibility index (Phi) is 2.92. The number of carboxylic acid groups (broad SMARTS) is 1. The zero-order valence-electron chi connectivity index (χ0n) is 7.99. The summed E-state index contributed by atoms with van der Waals surface area (Å²) >= 11 is 1.74. The summed E-state index contributed by atoms with van der Waals surface area (Å²) in [5.74, 6) is -1.10. The largest absolute Gasteiger partial charge is 0.477 e. The Labute approximate surface area is 101 Å². The van der Waals surface area contributed by atoms with Crippen LogP contribution in [0.4, 0.5) is 13.2 Å². The average Bonchev–Trinajstić information content (AvgIpc) is 2.85. The number of carboxylic acids is 1. The number of carbonyl (C=O) groups is 1. The number of hydrogen-bond acceptors (Lipinski definition) is 4. The van der Waals surface area contributed by atoms with Gasteiger partial charge in [-0.2, -0.15) is 13.2 Å². The number of thiophene rings is 1. The molecule has 2 aromatic rings. The molecule has 0 fully saturated rings. The molecule has 0 atom stereocenters. The molecule has 0 amide bonds. The molecule has 3 nitrogen and oxygen atoms in total. The second-order valence-electron chi connectivity index (χ2n) is 3.00. The molecule has 0 saturated heterocycles. The summed E-state index contributed by atoms with van der Waals surface area (Å²) in [7, 11) is 0. The van der Waals surface area contributed by atoms with E-state index in [0.29, 0.717) is 4.88 Å². The predicted octanol–water partition coefficient (Wildman–Crippen LogP) is 3.59. The van der Waals surface area contributed by atoms with Crippen molar-refractivity contribution in [2.45, 2.75) is 6.18 Å². The third kappa shape index (κ3) is 2.47. The molecule has 0 saturated carbocycles. The van der Waals surface area contributed by atoms with Gasteiger partial charge in [-0.25, -0.2) is 9.78 Å². The molecule has 0 aromatic carbocycles. The van der Waals surface area contributed by atoms with E-state index in [1.165, 1.54) is 12.1 Å². The van der Waals surface area contributed by atoms with Crippen molar-refractivity contribution >= 4 is 28.6 Å². The van der Waals surface area contributed by atoms with Gasteiger partial charge < -0.3 is 5.11 Å². The van der Waals surface area contributed by atoms with Crippen LogP contribution in [0, 0.1) is 0 Å². The molecule has 2 heterocycles. The van der Waals surface area contributed by atoms with Gasteiger partial charge in [-0.1, -0.05) is 0 Å².